The summed E-state index contributed by atoms with van der Waals surface area (Å²) in [6.07, 6.45) is 4.69. The van der Waals surface area contributed by atoms with Crippen molar-refractivity contribution in [3.05, 3.63) is 101 Å². The molecule has 0 saturated carbocycles. The number of aliphatic hydroxyl groups excluding tert-OH is 1. The molecule has 10 nitrogen and oxygen atoms in total. The zero-order chi connectivity index (χ0) is 33.1. The number of thioether (sulfide) groups is 1. The van der Waals surface area contributed by atoms with E-state index < -0.39 is 17.7 Å². The van der Waals surface area contributed by atoms with Crippen LogP contribution in [0.3, 0.4) is 0 Å². The van der Waals surface area contributed by atoms with Gasteiger partial charge in [0.25, 0.3) is 5.78 Å². The number of pyridine rings is 1. The summed E-state index contributed by atoms with van der Waals surface area (Å²) in [5, 5.41) is 20.5. The van der Waals surface area contributed by atoms with E-state index in [9.17, 15) is 19.1 Å². The van der Waals surface area contributed by atoms with Gasteiger partial charge in [-0.25, -0.2) is 9.37 Å². The third-order valence-electron chi connectivity index (χ3n) is 7.79. The fourth-order valence-electron chi connectivity index (χ4n) is 5.49. The number of carbonyl (C=O) groups excluding carboxylic acids is 2. The molecular weight excluding hydrogens is 642 g/mol. The number of aryl methyl sites for hydroxylation is 1. The van der Waals surface area contributed by atoms with Crippen molar-refractivity contribution in [2.75, 3.05) is 18.6 Å². The van der Waals surface area contributed by atoms with Crippen LogP contribution in [0.5, 0.6) is 11.5 Å². The Kier molecular flexibility index (Phi) is 9.55. The number of Topliss-reactive ketones (excluding diaryl/α,β-unsaturated/α-hetero) is 1. The monoisotopic (exact) mass is 673 g/mol. The van der Waals surface area contributed by atoms with E-state index in [1.807, 2.05) is 6.07 Å². The number of amides is 1. The van der Waals surface area contributed by atoms with Crippen molar-refractivity contribution in [1.82, 2.24) is 19.6 Å². The second kappa shape index (κ2) is 13.9. The lowest BCUT2D eigenvalue weighted by Gasteiger charge is -2.23. The van der Waals surface area contributed by atoms with Gasteiger partial charge < -0.3 is 14.6 Å². The molecule has 0 spiro atoms. The number of benzene rings is 2. The molecule has 47 heavy (non-hydrogen) atoms. The van der Waals surface area contributed by atoms with Crippen LogP contribution in [0, 0.1) is 12.7 Å². The number of methoxy groups -OCH3 is 1. The predicted octanol–water partition coefficient (Wildman–Crippen LogP) is 7.13. The molecular formula is C34H32FN5O5S2. The largest absolute Gasteiger partial charge is 0.505 e. The van der Waals surface area contributed by atoms with Crippen LogP contribution in [0.4, 0.5) is 9.52 Å². The first-order valence-corrected chi connectivity index (χ1v) is 16.9. The molecule has 242 valence electrons. The summed E-state index contributed by atoms with van der Waals surface area (Å²) in [5.74, 6) is -1.22. The van der Waals surface area contributed by atoms with E-state index in [4.69, 9.17) is 9.47 Å². The van der Waals surface area contributed by atoms with E-state index >= 15 is 0 Å². The van der Waals surface area contributed by atoms with Crippen LogP contribution >= 0.6 is 23.1 Å². The molecule has 13 heteroatoms. The number of fused-ring (bicyclic) bond motifs is 1. The van der Waals surface area contributed by atoms with Gasteiger partial charge >= 0.3 is 5.91 Å². The van der Waals surface area contributed by atoms with Crippen molar-refractivity contribution in [2.24, 2.45) is 0 Å². The number of hydrogen-bond donors (Lipinski definition) is 1. The third-order valence-corrected chi connectivity index (χ3v) is 9.90. The Labute approximate surface area is 278 Å². The smallest absolute Gasteiger partial charge is 0.301 e. The van der Waals surface area contributed by atoms with Crippen molar-refractivity contribution in [2.45, 2.75) is 49.2 Å². The van der Waals surface area contributed by atoms with Crippen molar-refractivity contribution >= 4 is 51.3 Å². The lowest BCUT2D eigenvalue weighted by atomic mass is 9.96. The number of carbonyl (C=O) groups is 2. The van der Waals surface area contributed by atoms with Crippen LogP contribution in [0.15, 0.2) is 76.8 Å². The Bertz CT molecular complexity index is 1990. The van der Waals surface area contributed by atoms with E-state index in [0.29, 0.717) is 56.4 Å². The zero-order valence-corrected chi connectivity index (χ0v) is 27.6. The van der Waals surface area contributed by atoms with Crippen LogP contribution in [-0.2, 0) is 15.3 Å². The fraction of sp³-hybridized carbons (Fsp3) is 0.265. The van der Waals surface area contributed by atoms with Gasteiger partial charge in [-0.3, -0.25) is 18.9 Å². The SMILES string of the molecule is CCCCCOc1ccc(C2C(=C(O)c3c(C)nc4ccccn34)C(=O)C(=O)N2c2nnc(SCc3ccccc3F)s2)cc1OC. The van der Waals surface area contributed by atoms with Gasteiger partial charge in [-0.15, -0.1) is 10.2 Å². The summed E-state index contributed by atoms with van der Waals surface area (Å²) in [5.41, 5.74) is 2.22. The number of rotatable bonds is 12. The molecule has 1 atom stereocenters. The minimum Gasteiger partial charge on any atom is -0.505 e. The van der Waals surface area contributed by atoms with Crippen molar-refractivity contribution in [3.63, 3.8) is 0 Å². The maximum atomic E-state index is 14.2. The van der Waals surface area contributed by atoms with Crippen LogP contribution < -0.4 is 14.4 Å². The Morgan fingerprint density at radius 3 is 2.66 bits per heavy atom. The first-order valence-electron chi connectivity index (χ1n) is 15.1. The first kappa shape index (κ1) is 32.2. The molecule has 3 aromatic heterocycles. The van der Waals surface area contributed by atoms with Gasteiger partial charge in [-0.05, 0) is 54.8 Å². The highest BCUT2D eigenvalue weighted by molar-refractivity contribution is 8.00. The summed E-state index contributed by atoms with van der Waals surface area (Å²) in [6, 6.07) is 15.9. The second-order valence-corrected chi connectivity index (χ2v) is 13.0. The summed E-state index contributed by atoms with van der Waals surface area (Å²) in [4.78, 5) is 33.4. The molecule has 1 amide bonds. The van der Waals surface area contributed by atoms with Crippen LogP contribution in [0.1, 0.15) is 54.7 Å². The number of anilines is 1. The lowest BCUT2D eigenvalue weighted by molar-refractivity contribution is -0.132. The van der Waals surface area contributed by atoms with Gasteiger partial charge in [0.2, 0.25) is 5.13 Å². The van der Waals surface area contributed by atoms with Crippen LogP contribution in [0.25, 0.3) is 11.4 Å². The molecule has 1 saturated heterocycles. The molecule has 0 aliphatic carbocycles. The molecule has 0 radical (unpaired) electrons. The second-order valence-electron chi connectivity index (χ2n) is 10.8. The minimum absolute atomic E-state index is 0.127. The van der Waals surface area contributed by atoms with Crippen LogP contribution in [-0.4, -0.2) is 50.1 Å². The van der Waals surface area contributed by atoms with Gasteiger partial charge in [0, 0.05) is 11.9 Å². The van der Waals surface area contributed by atoms with Crippen molar-refractivity contribution in [1.29, 1.82) is 0 Å². The highest BCUT2D eigenvalue weighted by Gasteiger charge is 2.49. The molecule has 0 bridgehead atoms. The summed E-state index contributed by atoms with van der Waals surface area (Å²) in [7, 11) is 1.51. The van der Waals surface area contributed by atoms with E-state index in [2.05, 4.69) is 22.1 Å². The lowest BCUT2D eigenvalue weighted by Crippen LogP contribution is -2.29. The van der Waals surface area contributed by atoms with Gasteiger partial charge in [-0.2, -0.15) is 0 Å². The quantitative estimate of drug-likeness (QED) is 0.0368. The van der Waals surface area contributed by atoms with Gasteiger partial charge in [0.15, 0.2) is 21.6 Å². The highest BCUT2D eigenvalue weighted by Crippen LogP contribution is 2.46. The maximum absolute atomic E-state index is 14.2. The molecule has 1 N–H and O–H groups in total. The Morgan fingerprint density at radius 2 is 1.87 bits per heavy atom. The number of ether oxygens (including phenoxy) is 2. The van der Waals surface area contributed by atoms with Crippen molar-refractivity contribution in [3.8, 4) is 11.5 Å². The van der Waals surface area contributed by atoms with E-state index in [0.717, 1.165) is 30.6 Å². The molecule has 1 aliphatic rings. The summed E-state index contributed by atoms with van der Waals surface area (Å²) >= 11 is 2.36. The van der Waals surface area contributed by atoms with Gasteiger partial charge in [0.05, 0.1) is 31.0 Å². The number of aromatic nitrogens is 4. The van der Waals surface area contributed by atoms with E-state index in [-0.39, 0.29) is 22.3 Å². The van der Waals surface area contributed by atoms with E-state index in [1.54, 1.807) is 66.1 Å². The number of imidazole rings is 1. The maximum Gasteiger partial charge on any atom is 0.301 e. The Hall–Kier alpha value is -4.75. The number of halogens is 1. The topological polar surface area (TPSA) is 119 Å². The summed E-state index contributed by atoms with van der Waals surface area (Å²) < 4.78 is 28.0. The predicted molar refractivity (Wildman–Crippen MR) is 179 cm³/mol. The standard InChI is InChI=1S/C34H32FN5O5S2/c1-4-5-10-17-45-24-15-14-21(18-25(24)44-3)29-27(30(41)28-20(2)36-26-13-8-9-16-39(26)28)31(42)32(43)40(29)33-37-38-34(47-33)46-19-22-11-6-7-12-23(22)35/h6-9,11-16,18,29,41H,4-5,10,17,19H2,1-3H3. The number of unbranched alkanes of at least 4 members (excludes halogenated alkanes) is 2. The number of aliphatic hydroxyl groups is 1. The number of nitrogens with zero attached hydrogens (tertiary/aromatic N) is 5. The van der Waals surface area contributed by atoms with Gasteiger partial charge in [0.1, 0.15) is 17.2 Å². The molecule has 4 heterocycles. The van der Waals surface area contributed by atoms with Gasteiger partial charge in [-0.1, -0.05) is 73.2 Å². The summed E-state index contributed by atoms with van der Waals surface area (Å²) in [6.45, 7) is 4.35. The minimum atomic E-state index is -1.08. The molecule has 1 fully saturated rings. The van der Waals surface area contributed by atoms with Crippen molar-refractivity contribution < 1.29 is 28.6 Å². The average molecular weight is 674 g/mol. The molecule has 1 aliphatic heterocycles. The first-order chi connectivity index (χ1) is 22.8. The Morgan fingerprint density at radius 1 is 1.06 bits per heavy atom. The zero-order valence-electron chi connectivity index (χ0n) is 26.0. The molecule has 6 rings (SSSR count). The van der Waals surface area contributed by atoms with E-state index in [1.165, 1.54) is 29.8 Å². The average Bonchev–Trinajstić information content (AvgIpc) is 3.75. The molecule has 5 aromatic rings. The Balaban J connectivity index is 1.43. The normalized spacial score (nSPS) is 15.9. The van der Waals surface area contributed by atoms with Crippen LogP contribution in [0.2, 0.25) is 0 Å². The highest BCUT2D eigenvalue weighted by atomic mass is 32.2. The molecule has 2 aromatic carbocycles. The fourth-order valence-corrected chi connectivity index (χ4v) is 7.35. The number of hydrogen-bond acceptors (Lipinski definition) is 10. The third kappa shape index (κ3) is 6.32. The molecule has 1 unspecified atom stereocenters. The number of ketones is 1.